The fraction of sp³-hybridized carbons (Fsp3) is 0.154. The fourth-order valence-corrected chi connectivity index (χ4v) is 3.99. The minimum atomic E-state index is -4.48. The van der Waals surface area contributed by atoms with Crippen molar-refractivity contribution in [1.82, 2.24) is 5.32 Å². The van der Waals surface area contributed by atoms with Gasteiger partial charge in [-0.15, -0.1) is 0 Å². The Hall–Kier alpha value is -3.93. The third-order valence-corrected chi connectivity index (χ3v) is 6.09. The van der Waals surface area contributed by atoms with Crippen molar-refractivity contribution in [2.75, 3.05) is 0 Å². The van der Waals surface area contributed by atoms with E-state index in [0.29, 0.717) is 28.5 Å². The summed E-state index contributed by atoms with van der Waals surface area (Å²) in [5.41, 5.74) is -0.278. The second-order valence-electron chi connectivity index (χ2n) is 8.02. The molecule has 12 heteroatoms. The summed E-state index contributed by atoms with van der Waals surface area (Å²) in [5, 5.41) is 1.60. The van der Waals surface area contributed by atoms with E-state index >= 15 is 0 Å². The van der Waals surface area contributed by atoms with Gasteiger partial charge in [0, 0.05) is 11.6 Å². The number of halogens is 6. The van der Waals surface area contributed by atoms with Crippen molar-refractivity contribution >= 4 is 29.0 Å². The smallest absolute Gasteiger partial charge is 0.416 e. The summed E-state index contributed by atoms with van der Waals surface area (Å²) >= 11 is 0.698. The molecule has 0 atom stereocenters. The second kappa shape index (κ2) is 10.8. The van der Waals surface area contributed by atoms with Crippen LogP contribution in [0.5, 0.6) is 11.5 Å². The normalized spacial score (nSPS) is 15.1. The lowest BCUT2D eigenvalue weighted by Gasteiger charge is -2.14. The summed E-state index contributed by atoms with van der Waals surface area (Å²) < 4.78 is 88.3. The van der Waals surface area contributed by atoms with Gasteiger partial charge < -0.3 is 9.47 Å². The summed E-state index contributed by atoms with van der Waals surface area (Å²) in [6.45, 7) is -0.168. The Bertz CT molecular complexity index is 1370. The van der Waals surface area contributed by atoms with Crippen LogP contribution in [-0.4, -0.2) is 11.1 Å². The van der Waals surface area contributed by atoms with E-state index in [1.807, 2.05) is 0 Å². The first-order valence-corrected chi connectivity index (χ1v) is 11.7. The Kier molecular flexibility index (Phi) is 7.72. The third-order valence-electron chi connectivity index (χ3n) is 5.28. The lowest BCUT2D eigenvalue weighted by atomic mass is 10.1. The van der Waals surface area contributed by atoms with Gasteiger partial charge in [0.05, 0.1) is 16.0 Å². The van der Waals surface area contributed by atoms with Crippen LogP contribution in [0.1, 0.15) is 27.8 Å². The Morgan fingerprint density at radius 2 is 1.26 bits per heavy atom. The lowest BCUT2D eigenvalue weighted by Crippen LogP contribution is -2.17. The number of imide groups is 1. The largest absolute Gasteiger partial charge is 0.489 e. The average molecular weight is 553 g/mol. The van der Waals surface area contributed by atoms with E-state index < -0.39 is 34.6 Å². The molecular formula is C26H17F6NO4S. The molecule has 1 fully saturated rings. The minimum Gasteiger partial charge on any atom is -0.489 e. The number of hydrogen-bond donors (Lipinski definition) is 1. The molecule has 1 heterocycles. The molecule has 0 saturated carbocycles. The van der Waals surface area contributed by atoms with E-state index in [-0.39, 0.29) is 29.6 Å². The van der Waals surface area contributed by atoms with E-state index in [4.69, 9.17) is 9.47 Å². The molecule has 0 unspecified atom stereocenters. The molecule has 0 aromatic heterocycles. The summed E-state index contributed by atoms with van der Waals surface area (Å²) in [7, 11) is 0. The highest BCUT2D eigenvalue weighted by Gasteiger charge is 2.31. The van der Waals surface area contributed by atoms with Gasteiger partial charge in [-0.3, -0.25) is 14.9 Å². The molecule has 1 N–H and O–H groups in total. The Labute approximate surface area is 216 Å². The van der Waals surface area contributed by atoms with Crippen molar-refractivity contribution in [1.29, 1.82) is 0 Å². The quantitative estimate of drug-likeness (QED) is 0.248. The zero-order valence-electron chi connectivity index (χ0n) is 19.2. The number of nitrogens with one attached hydrogen (secondary N) is 1. The standard InChI is InChI=1S/C26H17F6NO4S/c27-25(28,29)18-6-1-15(2-7-18)13-36-20-10-5-17(11-22-23(34)33-24(35)38-22)21(12-20)37-14-16-3-8-19(9-4-16)26(30,31)32/h1-12H,13-14H2,(H,33,34,35)/b22-11-. The van der Waals surface area contributed by atoms with Gasteiger partial charge in [0.1, 0.15) is 24.7 Å². The zero-order valence-corrected chi connectivity index (χ0v) is 20.0. The summed E-state index contributed by atoms with van der Waals surface area (Å²) in [5.74, 6) is -0.0968. The van der Waals surface area contributed by atoms with Crippen molar-refractivity contribution in [3.05, 3.63) is 99.5 Å². The highest BCUT2D eigenvalue weighted by atomic mass is 32.2. The van der Waals surface area contributed by atoms with E-state index in [2.05, 4.69) is 5.32 Å². The highest BCUT2D eigenvalue weighted by Crippen LogP contribution is 2.34. The number of carbonyl (C=O) groups excluding carboxylic acids is 2. The fourth-order valence-electron chi connectivity index (χ4n) is 3.32. The molecular weight excluding hydrogens is 536 g/mol. The number of benzene rings is 3. The number of ether oxygens (including phenoxy) is 2. The maximum atomic E-state index is 12.8. The molecule has 0 radical (unpaired) electrons. The molecule has 1 saturated heterocycles. The maximum absolute atomic E-state index is 12.8. The van der Waals surface area contributed by atoms with Crippen LogP contribution in [0.4, 0.5) is 31.1 Å². The Balaban J connectivity index is 1.53. The first kappa shape index (κ1) is 27.1. The van der Waals surface area contributed by atoms with Crippen molar-refractivity contribution < 1.29 is 45.4 Å². The first-order valence-electron chi connectivity index (χ1n) is 10.9. The van der Waals surface area contributed by atoms with Crippen LogP contribution in [-0.2, 0) is 30.4 Å². The van der Waals surface area contributed by atoms with Crippen LogP contribution < -0.4 is 14.8 Å². The Morgan fingerprint density at radius 1 is 0.737 bits per heavy atom. The highest BCUT2D eigenvalue weighted by molar-refractivity contribution is 8.18. The van der Waals surface area contributed by atoms with Gasteiger partial charge in [0.15, 0.2) is 0 Å². The average Bonchev–Trinajstić information content (AvgIpc) is 3.18. The molecule has 198 valence electrons. The number of alkyl halides is 6. The van der Waals surface area contributed by atoms with Crippen molar-refractivity contribution in [2.24, 2.45) is 0 Å². The van der Waals surface area contributed by atoms with E-state index in [0.717, 1.165) is 24.3 Å². The molecule has 0 aliphatic carbocycles. The summed E-state index contributed by atoms with van der Waals surface area (Å²) in [6, 6.07) is 13.4. The predicted octanol–water partition coefficient (Wildman–Crippen LogP) is 7.21. The minimum absolute atomic E-state index is 0.0519. The molecule has 3 aromatic rings. The number of thioether (sulfide) groups is 1. The van der Waals surface area contributed by atoms with Crippen LogP contribution in [0.3, 0.4) is 0 Å². The summed E-state index contributed by atoms with van der Waals surface area (Å²) in [6.07, 6.45) is -7.51. The van der Waals surface area contributed by atoms with Gasteiger partial charge in [-0.05, 0) is 65.4 Å². The number of rotatable bonds is 7. The number of amides is 2. The van der Waals surface area contributed by atoms with Crippen LogP contribution >= 0.6 is 11.8 Å². The van der Waals surface area contributed by atoms with Gasteiger partial charge in [-0.1, -0.05) is 24.3 Å². The van der Waals surface area contributed by atoms with Gasteiger partial charge in [0.25, 0.3) is 11.1 Å². The second-order valence-corrected chi connectivity index (χ2v) is 9.03. The topological polar surface area (TPSA) is 64.6 Å². The van der Waals surface area contributed by atoms with Crippen LogP contribution in [0.15, 0.2) is 71.6 Å². The monoisotopic (exact) mass is 553 g/mol. The van der Waals surface area contributed by atoms with Crippen LogP contribution in [0.2, 0.25) is 0 Å². The van der Waals surface area contributed by atoms with E-state index in [1.54, 1.807) is 12.1 Å². The molecule has 0 spiro atoms. The van der Waals surface area contributed by atoms with Gasteiger partial charge in [0.2, 0.25) is 0 Å². The van der Waals surface area contributed by atoms with Crippen LogP contribution in [0, 0.1) is 0 Å². The molecule has 1 aliphatic rings. The molecule has 0 bridgehead atoms. The van der Waals surface area contributed by atoms with Crippen LogP contribution in [0.25, 0.3) is 6.08 Å². The van der Waals surface area contributed by atoms with Crippen molar-refractivity contribution in [3.63, 3.8) is 0 Å². The van der Waals surface area contributed by atoms with Crippen molar-refractivity contribution in [3.8, 4) is 11.5 Å². The Morgan fingerprint density at radius 3 is 1.74 bits per heavy atom. The molecule has 1 aliphatic heterocycles. The lowest BCUT2D eigenvalue weighted by molar-refractivity contribution is -0.138. The molecule has 5 nitrogen and oxygen atoms in total. The van der Waals surface area contributed by atoms with Gasteiger partial charge in [-0.2, -0.15) is 26.3 Å². The zero-order chi connectivity index (χ0) is 27.5. The maximum Gasteiger partial charge on any atom is 0.416 e. The van der Waals surface area contributed by atoms with E-state index in [1.165, 1.54) is 36.4 Å². The molecule has 4 rings (SSSR count). The molecule has 38 heavy (non-hydrogen) atoms. The van der Waals surface area contributed by atoms with Crippen molar-refractivity contribution in [2.45, 2.75) is 25.6 Å². The third kappa shape index (κ3) is 6.88. The van der Waals surface area contributed by atoms with Gasteiger partial charge >= 0.3 is 12.4 Å². The predicted molar refractivity (Wildman–Crippen MR) is 127 cm³/mol. The SMILES string of the molecule is O=C1NC(=O)/C(=C/c2ccc(OCc3ccc(C(F)(F)F)cc3)cc2OCc2ccc(C(F)(F)F)cc2)S1. The first-order chi connectivity index (χ1) is 17.9. The summed E-state index contributed by atoms with van der Waals surface area (Å²) in [4.78, 5) is 23.6. The number of carbonyl (C=O) groups is 2. The number of hydrogen-bond acceptors (Lipinski definition) is 5. The molecule has 3 aromatic carbocycles. The molecule has 2 amide bonds. The van der Waals surface area contributed by atoms with E-state index in [9.17, 15) is 35.9 Å². The van der Waals surface area contributed by atoms with Gasteiger partial charge in [-0.25, -0.2) is 0 Å².